The van der Waals surface area contributed by atoms with Gasteiger partial charge in [-0.25, -0.2) is 4.39 Å². The zero-order valence-corrected chi connectivity index (χ0v) is 17.3. The molecule has 3 aromatic rings. The van der Waals surface area contributed by atoms with Gasteiger partial charge in [-0.2, -0.15) is 0 Å². The second kappa shape index (κ2) is 9.14. The Morgan fingerprint density at radius 1 is 1.00 bits per heavy atom. The Balaban J connectivity index is 1.35. The van der Waals surface area contributed by atoms with Crippen molar-refractivity contribution in [3.63, 3.8) is 0 Å². The quantitative estimate of drug-likeness (QED) is 0.585. The summed E-state index contributed by atoms with van der Waals surface area (Å²) in [5, 5.41) is 4.41. The lowest BCUT2D eigenvalue weighted by Crippen LogP contribution is -2.37. The average Bonchev–Trinajstić information content (AvgIpc) is 3.03. The van der Waals surface area contributed by atoms with Crippen LogP contribution in [0.1, 0.15) is 11.1 Å². The van der Waals surface area contributed by atoms with Gasteiger partial charge in [-0.1, -0.05) is 60.7 Å². The number of fused-ring (bicyclic) bond motifs is 1. The van der Waals surface area contributed by atoms with E-state index in [-0.39, 0.29) is 35.9 Å². The van der Waals surface area contributed by atoms with Crippen molar-refractivity contribution >= 4 is 45.7 Å². The van der Waals surface area contributed by atoms with Crippen molar-refractivity contribution < 1.29 is 18.8 Å². The molecular formula is C24H19FN2O3S. The Bertz CT molecular complexity index is 1200. The molecule has 0 unspecified atom stereocenters. The molecule has 4 rings (SSSR count). The van der Waals surface area contributed by atoms with Crippen molar-refractivity contribution in [3.05, 3.63) is 88.6 Å². The van der Waals surface area contributed by atoms with Crippen molar-refractivity contribution in [2.24, 2.45) is 0 Å². The fraction of sp³-hybridized carbons (Fsp3) is 0.125. The zero-order valence-electron chi connectivity index (χ0n) is 16.5. The highest BCUT2D eigenvalue weighted by Crippen LogP contribution is 2.32. The molecule has 31 heavy (non-hydrogen) atoms. The van der Waals surface area contributed by atoms with Crippen molar-refractivity contribution in [3.8, 4) is 0 Å². The molecule has 1 N–H and O–H groups in total. The molecule has 0 bridgehead atoms. The summed E-state index contributed by atoms with van der Waals surface area (Å²) < 4.78 is 13.8. The molecule has 0 aromatic heterocycles. The van der Waals surface area contributed by atoms with Crippen LogP contribution in [0.3, 0.4) is 0 Å². The number of halogens is 1. The monoisotopic (exact) mass is 434 g/mol. The van der Waals surface area contributed by atoms with Gasteiger partial charge in [-0.15, -0.1) is 0 Å². The molecule has 0 aliphatic carbocycles. The highest BCUT2D eigenvalue weighted by molar-refractivity contribution is 8.18. The molecular weight excluding hydrogens is 415 g/mol. The molecule has 5 nitrogen and oxygen atoms in total. The maximum Gasteiger partial charge on any atom is 0.293 e. The third-order valence-corrected chi connectivity index (χ3v) is 5.86. The number of imide groups is 1. The van der Waals surface area contributed by atoms with E-state index in [0.717, 1.165) is 33.0 Å². The number of benzene rings is 3. The van der Waals surface area contributed by atoms with Crippen LogP contribution in [0.25, 0.3) is 16.8 Å². The van der Waals surface area contributed by atoms with Gasteiger partial charge in [0.1, 0.15) is 5.82 Å². The van der Waals surface area contributed by atoms with Gasteiger partial charge in [0.05, 0.1) is 11.3 Å². The average molecular weight is 434 g/mol. The number of thioether (sulfide) groups is 1. The third kappa shape index (κ3) is 4.67. The van der Waals surface area contributed by atoms with Crippen LogP contribution >= 0.6 is 11.8 Å². The van der Waals surface area contributed by atoms with Gasteiger partial charge in [0.2, 0.25) is 5.91 Å². The minimum absolute atomic E-state index is 0.0561. The predicted octanol–water partition coefficient (Wildman–Crippen LogP) is 4.37. The highest BCUT2D eigenvalue weighted by atomic mass is 32.2. The van der Waals surface area contributed by atoms with Gasteiger partial charge in [-0.05, 0) is 40.2 Å². The van der Waals surface area contributed by atoms with E-state index < -0.39 is 17.0 Å². The van der Waals surface area contributed by atoms with E-state index in [1.54, 1.807) is 12.1 Å². The normalized spacial score (nSPS) is 15.1. The first-order chi connectivity index (χ1) is 15.0. The minimum Gasteiger partial charge on any atom is -0.354 e. The van der Waals surface area contributed by atoms with E-state index in [1.165, 1.54) is 18.2 Å². The van der Waals surface area contributed by atoms with Crippen LogP contribution in [0.4, 0.5) is 9.18 Å². The van der Waals surface area contributed by atoms with Gasteiger partial charge in [0, 0.05) is 18.7 Å². The maximum atomic E-state index is 13.8. The summed E-state index contributed by atoms with van der Waals surface area (Å²) in [6.07, 6.45) is 1.58. The molecule has 7 heteroatoms. The predicted molar refractivity (Wildman–Crippen MR) is 120 cm³/mol. The second-order valence-electron chi connectivity index (χ2n) is 7.02. The molecule has 0 radical (unpaired) electrons. The fourth-order valence-electron chi connectivity index (χ4n) is 3.42. The number of nitrogens with one attached hydrogen (secondary N) is 1. The lowest BCUT2D eigenvalue weighted by atomic mass is 10.0. The van der Waals surface area contributed by atoms with Crippen LogP contribution in [-0.2, 0) is 16.0 Å². The number of rotatable bonds is 6. The SMILES string of the molecule is O=C(Cc1cccc2ccccc12)NCCN1C(=O)SC(=Cc2ccccc2F)C1=O. The van der Waals surface area contributed by atoms with E-state index >= 15 is 0 Å². The summed E-state index contributed by atoms with van der Waals surface area (Å²) in [4.78, 5) is 38.3. The third-order valence-electron chi connectivity index (χ3n) is 4.95. The molecule has 1 aliphatic rings. The number of carbonyl (C=O) groups is 3. The van der Waals surface area contributed by atoms with Gasteiger partial charge >= 0.3 is 0 Å². The Morgan fingerprint density at radius 3 is 2.58 bits per heavy atom. The Labute approximate surface area is 182 Å². The summed E-state index contributed by atoms with van der Waals surface area (Å²) in [5.41, 5.74) is 1.16. The van der Waals surface area contributed by atoms with Gasteiger partial charge < -0.3 is 5.32 Å². The van der Waals surface area contributed by atoms with Crippen molar-refractivity contribution in [2.75, 3.05) is 13.1 Å². The number of amides is 3. The second-order valence-corrected chi connectivity index (χ2v) is 8.01. The Kier molecular flexibility index (Phi) is 6.13. The molecule has 0 saturated carbocycles. The summed E-state index contributed by atoms with van der Waals surface area (Å²) in [5.74, 6) is -1.14. The number of hydrogen-bond acceptors (Lipinski definition) is 4. The fourth-order valence-corrected chi connectivity index (χ4v) is 4.27. The molecule has 156 valence electrons. The molecule has 3 aromatic carbocycles. The van der Waals surface area contributed by atoms with E-state index in [0.29, 0.717) is 0 Å². The van der Waals surface area contributed by atoms with Gasteiger partial charge in [0.15, 0.2) is 0 Å². The van der Waals surface area contributed by atoms with Crippen LogP contribution in [0.2, 0.25) is 0 Å². The van der Waals surface area contributed by atoms with E-state index in [4.69, 9.17) is 0 Å². The number of carbonyl (C=O) groups excluding carboxylic acids is 3. The summed E-state index contributed by atoms with van der Waals surface area (Å²) in [6, 6.07) is 19.7. The first-order valence-electron chi connectivity index (χ1n) is 9.76. The zero-order chi connectivity index (χ0) is 21.8. The summed E-state index contributed by atoms with van der Waals surface area (Å²) in [6.45, 7) is 0.204. The van der Waals surface area contributed by atoms with E-state index in [9.17, 15) is 18.8 Å². The van der Waals surface area contributed by atoms with Gasteiger partial charge in [-0.3, -0.25) is 19.3 Å². The largest absolute Gasteiger partial charge is 0.354 e. The van der Waals surface area contributed by atoms with Gasteiger partial charge in [0.25, 0.3) is 11.1 Å². The molecule has 1 saturated heterocycles. The Hall–Kier alpha value is -3.45. The first-order valence-corrected chi connectivity index (χ1v) is 10.6. The maximum absolute atomic E-state index is 13.8. The van der Waals surface area contributed by atoms with Crippen LogP contribution < -0.4 is 5.32 Å². The van der Waals surface area contributed by atoms with E-state index in [1.807, 2.05) is 42.5 Å². The topological polar surface area (TPSA) is 66.5 Å². The van der Waals surface area contributed by atoms with Crippen molar-refractivity contribution in [1.29, 1.82) is 0 Å². The standard InChI is InChI=1S/C24H19FN2O3S/c25-20-11-4-2-7-18(20)14-21-23(29)27(24(30)31-21)13-12-26-22(28)15-17-9-5-8-16-6-1-3-10-19(16)17/h1-11,14H,12-13,15H2,(H,26,28). The molecule has 3 amide bonds. The van der Waals surface area contributed by atoms with Crippen LogP contribution in [0.5, 0.6) is 0 Å². The minimum atomic E-state index is -0.485. The van der Waals surface area contributed by atoms with Crippen molar-refractivity contribution in [2.45, 2.75) is 6.42 Å². The lowest BCUT2D eigenvalue weighted by Gasteiger charge is -2.13. The molecule has 1 fully saturated rings. The molecule has 1 aliphatic heterocycles. The molecule has 0 atom stereocenters. The van der Waals surface area contributed by atoms with Crippen molar-refractivity contribution in [1.82, 2.24) is 10.2 Å². The van der Waals surface area contributed by atoms with Crippen LogP contribution in [-0.4, -0.2) is 35.0 Å². The summed E-state index contributed by atoms with van der Waals surface area (Å²) >= 11 is 0.767. The lowest BCUT2D eigenvalue weighted by molar-refractivity contribution is -0.124. The summed E-state index contributed by atoms with van der Waals surface area (Å²) in [7, 11) is 0. The highest BCUT2D eigenvalue weighted by Gasteiger charge is 2.34. The number of hydrogen-bond donors (Lipinski definition) is 1. The smallest absolute Gasteiger partial charge is 0.293 e. The molecule has 0 spiro atoms. The number of nitrogens with zero attached hydrogens (tertiary/aromatic N) is 1. The first kappa shape index (κ1) is 20.8. The Morgan fingerprint density at radius 2 is 1.74 bits per heavy atom. The van der Waals surface area contributed by atoms with Crippen LogP contribution in [0, 0.1) is 5.82 Å². The molecule has 1 heterocycles. The van der Waals surface area contributed by atoms with Crippen LogP contribution in [0.15, 0.2) is 71.6 Å². The van der Waals surface area contributed by atoms with E-state index in [2.05, 4.69) is 5.32 Å².